The van der Waals surface area contributed by atoms with Gasteiger partial charge in [0.25, 0.3) is 0 Å². The van der Waals surface area contributed by atoms with Crippen molar-refractivity contribution in [1.29, 1.82) is 0 Å². The zero-order valence-electron chi connectivity index (χ0n) is 16.2. The minimum absolute atomic E-state index is 0.154. The van der Waals surface area contributed by atoms with Gasteiger partial charge in [-0.05, 0) is 36.4 Å². The number of amides is 1. The van der Waals surface area contributed by atoms with Crippen LogP contribution < -0.4 is 20.1 Å². The second-order valence-electron chi connectivity index (χ2n) is 6.35. The Morgan fingerprint density at radius 1 is 1.14 bits per heavy atom. The van der Waals surface area contributed by atoms with Crippen LogP contribution in [0.3, 0.4) is 0 Å². The van der Waals surface area contributed by atoms with Crippen molar-refractivity contribution in [3.05, 3.63) is 77.1 Å². The molecule has 0 saturated carbocycles. The lowest BCUT2D eigenvalue weighted by Gasteiger charge is -2.15. The molecule has 0 spiro atoms. The zero-order chi connectivity index (χ0) is 20.6. The zero-order valence-corrected chi connectivity index (χ0v) is 17.0. The average molecular weight is 412 g/mol. The lowest BCUT2D eigenvalue weighted by molar-refractivity contribution is -0.114. The van der Waals surface area contributed by atoms with E-state index in [2.05, 4.69) is 15.6 Å². The van der Waals surface area contributed by atoms with E-state index in [4.69, 9.17) is 21.1 Å². The molecule has 2 N–H and O–H groups in total. The molecule has 6 nitrogen and oxygen atoms in total. The van der Waals surface area contributed by atoms with Crippen LogP contribution in [0, 0.1) is 0 Å². The van der Waals surface area contributed by atoms with Crippen LogP contribution in [0.5, 0.6) is 11.5 Å². The maximum absolute atomic E-state index is 11.3. The Labute approximate surface area is 174 Å². The quantitative estimate of drug-likeness (QED) is 0.552. The minimum Gasteiger partial charge on any atom is -0.494 e. The molecule has 0 bridgehead atoms. The van der Waals surface area contributed by atoms with Gasteiger partial charge < -0.3 is 20.1 Å². The molecule has 0 aliphatic heterocycles. The number of anilines is 2. The smallest absolute Gasteiger partial charge is 0.221 e. The molecule has 7 heteroatoms. The fraction of sp³-hybridized carbons (Fsp3) is 0.182. The first kappa shape index (κ1) is 20.5. The molecular weight excluding hydrogens is 390 g/mol. The van der Waals surface area contributed by atoms with Gasteiger partial charge in [-0.25, -0.2) is 0 Å². The number of pyridine rings is 1. The van der Waals surface area contributed by atoms with Gasteiger partial charge in [0, 0.05) is 53.8 Å². The number of rotatable bonds is 8. The summed E-state index contributed by atoms with van der Waals surface area (Å²) in [6.07, 6.45) is 3.50. The Kier molecular flexibility index (Phi) is 6.92. The van der Waals surface area contributed by atoms with Crippen molar-refractivity contribution in [2.75, 3.05) is 17.7 Å². The van der Waals surface area contributed by atoms with E-state index in [0.29, 0.717) is 29.6 Å². The van der Waals surface area contributed by atoms with Gasteiger partial charge in [-0.2, -0.15) is 0 Å². The van der Waals surface area contributed by atoms with Gasteiger partial charge in [-0.15, -0.1) is 0 Å². The summed E-state index contributed by atoms with van der Waals surface area (Å²) in [5, 5.41) is 6.71. The van der Waals surface area contributed by atoms with Crippen molar-refractivity contribution in [3.8, 4) is 11.5 Å². The molecule has 150 valence electrons. The maximum Gasteiger partial charge on any atom is 0.221 e. The number of carbonyl (C=O) groups excluding carboxylic acids is 1. The number of benzene rings is 2. The van der Waals surface area contributed by atoms with Gasteiger partial charge in [-0.1, -0.05) is 17.7 Å². The molecule has 0 radical (unpaired) electrons. The summed E-state index contributed by atoms with van der Waals surface area (Å²) in [7, 11) is 1.56. The maximum atomic E-state index is 11.3. The predicted molar refractivity (Wildman–Crippen MR) is 115 cm³/mol. The van der Waals surface area contributed by atoms with E-state index >= 15 is 0 Å². The van der Waals surface area contributed by atoms with E-state index in [1.165, 1.54) is 6.92 Å². The summed E-state index contributed by atoms with van der Waals surface area (Å²) in [5.74, 6) is 1.16. The number of hydrogen-bond acceptors (Lipinski definition) is 5. The molecule has 0 unspecified atom stereocenters. The number of hydrogen-bond donors (Lipinski definition) is 2. The van der Waals surface area contributed by atoms with E-state index in [9.17, 15) is 4.79 Å². The van der Waals surface area contributed by atoms with E-state index in [1.807, 2.05) is 36.4 Å². The molecule has 0 saturated heterocycles. The molecule has 29 heavy (non-hydrogen) atoms. The number of methoxy groups -OCH3 is 1. The predicted octanol–water partition coefficient (Wildman–Crippen LogP) is 4.89. The first-order chi connectivity index (χ1) is 14.0. The normalized spacial score (nSPS) is 10.3. The van der Waals surface area contributed by atoms with Crippen LogP contribution in [-0.2, 0) is 17.9 Å². The highest BCUT2D eigenvalue weighted by Gasteiger charge is 2.09. The lowest BCUT2D eigenvalue weighted by atomic mass is 10.2. The van der Waals surface area contributed by atoms with Crippen molar-refractivity contribution >= 4 is 28.9 Å². The van der Waals surface area contributed by atoms with E-state index in [0.717, 1.165) is 22.6 Å². The van der Waals surface area contributed by atoms with Crippen LogP contribution in [0.4, 0.5) is 11.4 Å². The van der Waals surface area contributed by atoms with E-state index in [-0.39, 0.29) is 5.91 Å². The Morgan fingerprint density at radius 3 is 2.72 bits per heavy atom. The Balaban J connectivity index is 1.71. The van der Waals surface area contributed by atoms with Crippen molar-refractivity contribution in [2.24, 2.45) is 0 Å². The first-order valence-electron chi connectivity index (χ1n) is 9.05. The summed E-state index contributed by atoms with van der Waals surface area (Å²) in [6, 6.07) is 14.9. The molecule has 1 aromatic heterocycles. The van der Waals surface area contributed by atoms with Crippen molar-refractivity contribution in [3.63, 3.8) is 0 Å². The van der Waals surface area contributed by atoms with Crippen LogP contribution >= 0.6 is 11.6 Å². The van der Waals surface area contributed by atoms with Crippen molar-refractivity contribution < 1.29 is 14.3 Å². The lowest BCUT2D eigenvalue weighted by Crippen LogP contribution is -2.08. The van der Waals surface area contributed by atoms with Gasteiger partial charge >= 0.3 is 0 Å². The molecule has 0 fully saturated rings. The number of ether oxygens (including phenoxy) is 2. The molecule has 0 aliphatic carbocycles. The fourth-order valence-electron chi connectivity index (χ4n) is 2.76. The molecule has 0 aliphatic rings. The van der Waals surface area contributed by atoms with Crippen LogP contribution in [-0.4, -0.2) is 18.0 Å². The summed E-state index contributed by atoms with van der Waals surface area (Å²) in [6.45, 7) is 2.38. The van der Waals surface area contributed by atoms with E-state index in [1.54, 1.807) is 31.6 Å². The molecule has 0 atom stereocenters. The SMILES string of the molecule is COc1cc(NCc2cc(Cl)ccc2OCc2cccnc2)ccc1NC(C)=O. The third-order valence-corrected chi connectivity index (χ3v) is 4.37. The topological polar surface area (TPSA) is 72.5 Å². The first-order valence-corrected chi connectivity index (χ1v) is 9.42. The van der Waals surface area contributed by atoms with Crippen LogP contribution in [0.2, 0.25) is 5.02 Å². The second-order valence-corrected chi connectivity index (χ2v) is 6.79. The summed E-state index contributed by atoms with van der Waals surface area (Å²) < 4.78 is 11.3. The highest BCUT2D eigenvalue weighted by atomic mass is 35.5. The standard InChI is InChI=1S/C22H22ClN3O3/c1-15(27)26-20-7-6-19(11-22(20)28-2)25-13-17-10-18(23)5-8-21(17)29-14-16-4-3-9-24-12-16/h3-12,25H,13-14H2,1-2H3,(H,26,27). The molecular formula is C22H22ClN3O3. The fourth-order valence-corrected chi connectivity index (χ4v) is 2.96. The van der Waals surface area contributed by atoms with Crippen LogP contribution in [0.15, 0.2) is 60.9 Å². The van der Waals surface area contributed by atoms with Gasteiger partial charge in [-0.3, -0.25) is 9.78 Å². The van der Waals surface area contributed by atoms with Crippen molar-refractivity contribution in [1.82, 2.24) is 4.98 Å². The molecule has 3 rings (SSSR count). The number of nitrogens with zero attached hydrogens (tertiary/aromatic N) is 1. The highest BCUT2D eigenvalue weighted by Crippen LogP contribution is 2.29. The molecule has 1 amide bonds. The largest absolute Gasteiger partial charge is 0.494 e. The van der Waals surface area contributed by atoms with Gasteiger partial charge in [0.2, 0.25) is 5.91 Å². The number of aromatic nitrogens is 1. The third kappa shape index (κ3) is 5.86. The van der Waals surface area contributed by atoms with Gasteiger partial charge in [0.05, 0.1) is 12.8 Å². The van der Waals surface area contributed by atoms with E-state index < -0.39 is 0 Å². The Bertz CT molecular complexity index is 980. The van der Waals surface area contributed by atoms with Crippen molar-refractivity contribution in [2.45, 2.75) is 20.1 Å². The van der Waals surface area contributed by atoms with Gasteiger partial charge in [0.15, 0.2) is 0 Å². The molecule has 1 heterocycles. The van der Waals surface area contributed by atoms with Gasteiger partial charge in [0.1, 0.15) is 18.1 Å². The monoisotopic (exact) mass is 411 g/mol. The number of carbonyl (C=O) groups is 1. The average Bonchev–Trinajstić information content (AvgIpc) is 2.72. The Hall–Kier alpha value is -3.25. The summed E-state index contributed by atoms with van der Waals surface area (Å²) in [5.41, 5.74) is 3.37. The Morgan fingerprint density at radius 2 is 2.00 bits per heavy atom. The highest BCUT2D eigenvalue weighted by molar-refractivity contribution is 6.30. The number of halogens is 1. The number of nitrogens with one attached hydrogen (secondary N) is 2. The summed E-state index contributed by atoms with van der Waals surface area (Å²) in [4.78, 5) is 15.4. The molecule has 3 aromatic rings. The summed E-state index contributed by atoms with van der Waals surface area (Å²) >= 11 is 6.18. The van der Waals surface area contributed by atoms with Crippen LogP contribution in [0.1, 0.15) is 18.1 Å². The second kappa shape index (κ2) is 9.80. The molecule has 2 aromatic carbocycles. The third-order valence-electron chi connectivity index (χ3n) is 4.13. The van der Waals surface area contributed by atoms with Crippen LogP contribution in [0.25, 0.3) is 0 Å². The minimum atomic E-state index is -0.154.